The van der Waals surface area contributed by atoms with Crippen molar-refractivity contribution in [2.45, 2.75) is 37.8 Å². The van der Waals surface area contributed by atoms with Crippen molar-refractivity contribution in [2.24, 2.45) is 17.8 Å². The van der Waals surface area contributed by atoms with E-state index in [1.165, 1.54) is 12.8 Å². The highest BCUT2D eigenvalue weighted by Gasteiger charge is 2.45. The lowest BCUT2D eigenvalue weighted by Crippen LogP contribution is -2.63. The number of anilines is 1. The Bertz CT molecular complexity index is 803. The second-order valence-electron chi connectivity index (χ2n) is 9.68. The van der Waals surface area contributed by atoms with E-state index in [0.717, 1.165) is 57.8 Å². The summed E-state index contributed by atoms with van der Waals surface area (Å²) in [5.41, 5.74) is 1.52. The van der Waals surface area contributed by atoms with Gasteiger partial charge in [0.1, 0.15) is 5.69 Å². The Labute approximate surface area is 184 Å². The van der Waals surface area contributed by atoms with Crippen molar-refractivity contribution in [3.05, 3.63) is 24.0 Å². The largest absolute Gasteiger partial charge is 0.368 e. The standard InChI is InChI=1S/C23H34N6O2/c1-24-23(31)19-5-4-17(13-26-19)29-8-6-28(7-9-29)14-15-10-21-20(25-12-15)11-18(16-2-3-16)22(30)27-21/h4-5,13,15-16,18,20-21,25H,2-3,6-12,14H2,1H3,(H,24,31)(H,27,30). The Kier molecular flexibility index (Phi) is 5.84. The zero-order valence-electron chi connectivity index (χ0n) is 18.3. The number of rotatable bonds is 5. The Balaban J connectivity index is 1.09. The molecule has 5 rings (SSSR count). The van der Waals surface area contributed by atoms with E-state index in [0.29, 0.717) is 35.5 Å². The summed E-state index contributed by atoms with van der Waals surface area (Å²) in [7, 11) is 1.62. The molecule has 1 aromatic rings. The van der Waals surface area contributed by atoms with E-state index < -0.39 is 0 Å². The van der Waals surface area contributed by atoms with Crippen LogP contribution in [0.1, 0.15) is 36.2 Å². The maximum absolute atomic E-state index is 12.5. The zero-order chi connectivity index (χ0) is 21.4. The van der Waals surface area contributed by atoms with Crippen molar-refractivity contribution < 1.29 is 9.59 Å². The Morgan fingerprint density at radius 2 is 1.97 bits per heavy atom. The Hall–Kier alpha value is -2.19. The molecule has 4 fully saturated rings. The molecule has 0 aromatic carbocycles. The quantitative estimate of drug-likeness (QED) is 0.634. The molecular formula is C23H34N6O2. The molecule has 4 unspecified atom stereocenters. The fourth-order valence-corrected chi connectivity index (χ4v) is 5.58. The van der Waals surface area contributed by atoms with E-state index in [2.05, 4.69) is 30.7 Å². The highest BCUT2D eigenvalue weighted by molar-refractivity contribution is 5.92. The molecule has 8 heteroatoms. The van der Waals surface area contributed by atoms with Crippen molar-refractivity contribution in [1.29, 1.82) is 0 Å². The highest BCUT2D eigenvalue weighted by Crippen LogP contribution is 2.41. The van der Waals surface area contributed by atoms with E-state index in [4.69, 9.17) is 0 Å². The van der Waals surface area contributed by atoms with Gasteiger partial charge in [0.15, 0.2) is 0 Å². The van der Waals surface area contributed by atoms with Crippen molar-refractivity contribution >= 4 is 17.5 Å². The van der Waals surface area contributed by atoms with Gasteiger partial charge in [0.05, 0.1) is 11.9 Å². The summed E-state index contributed by atoms with van der Waals surface area (Å²) in [5, 5.41) is 9.70. The van der Waals surface area contributed by atoms with Crippen LogP contribution in [-0.4, -0.2) is 80.1 Å². The van der Waals surface area contributed by atoms with Crippen LogP contribution in [0.3, 0.4) is 0 Å². The van der Waals surface area contributed by atoms with Gasteiger partial charge < -0.3 is 20.9 Å². The topological polar surface area (TPSA) is 89.6 Å². The van der Waals surface area contributed by atoms with Crippen LogP contribution in [0, 0.1) is 17.8 Å². The van der Waals surface area contributed by atoms with Crippen LogP contribution in [0.25, 0.3) is 0 Å². The van der Waals surface area contributed by atoms with Gasteiger partial charge in [0.2, 0.25) is 5.91 Å². The van der Waals surface area contributed by atoms with Gasteiger partial charge in [-0.15, -0.1) is 0 Å². The van der Waals surface area contributed by atoms with Crippen LogP contribution in [0.2, 0.25) is 0 Å². The number of amides is 2. The molecule has 8 nitrogen and oxygen atoms in total. The average molecular weight is 427 g/mol. The van der Waals surface area contributed by atoms with Crippen LogP contribution < -0.4 is 20.9 Å². The summed E-state index contributed by atoms with van der Waals surface area (Å²) in [6, 6.07) is 4.53. The molecule has 3 aliphatic heterocycles. The molecule has 1 aromatic heterocycles. The smallest absolute Gasteiger partial charge is 0.269 e. The van der Waals surface area contributed by atoms with Gasteiger partial charge in [-0.3, -0.25) is 14.5 Å². The lowest BCUT2D eigenvalue weighted by Gasteiger charge is -2.45. The monoisotopic (exact) mass is 426 g/mol. The number of nitrogens with zero attached hydrogens (tertiary/aromatic N) is 3. The number of piperidine rings is 2. The molecule has 168 valence electrons. The summed E-state index contributed by atoms with van der Waals surface area (Å²) in [4.78, 5) is 33.3. The summed E-state index contributed by atoms with van der Waals surface area (Å²) in [6.07, 6.45) is 6.38. The lowest BCUT2D eigenvalue weighted by molar-refractivity contribution is -0.130. The third-order valence-corrected chi connectivity index (χ3v) is 7.57. The third-order valence-electron chi connectivity index (χ3n) is 7.57. The Morgan fingerprint density at radius 3 is 2.65 bits per heavy atom. The number of piperazine rings is 1. The summed E-state index contributed by atoms with van der Waals surface area (Å²) in [5.74, 6) is 1.62. The highest BCUT2D eigenvalue weighted by atomic mass is 16.2. The number of pyridine rings is 1. The predicted octanol–water partition coefficient (Wildman–Crippen LogP) is 0.456. The molecule has 3 saturated heterocycles. The number of nitrogens with one attached hydrogen (secondary N) is 3. The predicted molar refractivity (Wildman–Crippen MR) is 119 cm³/mol. The second kappa shape index (κ2) is 8.74. The molecule has 1 aliphatic carbocycles. The first-order chi connectivity index (χ1) is 15.1. The van der Waals surface area contributed by atoms with Crippen LogP contribution >= 0.6 is 0 Å². The summed E-state index contributed by atoms with van der Waals surface area (Å²) >= 11 is 0. The molecular weight excluding hydrogens is 392 g/mol. The van der Waals surface area contributed by atoms with E-state index in [1.54, 1.807) is 19.3 Å². The first kappa shape index (κ1) is 20.7. The van der Waals surface area contributed by atoms with Crippen LogP contribution in [0.15, 0.2) is 18.3 Å². The van der Waals surface area contributed by atoms with E-state index >= 15 is 0 Å². The SMILES string of the molecule is CNC(=O)c1ccc(N2CCN(CC3CNC4CC(C5CC5)C(=O)NC4C3)CC2)cn1. The minimum Gasteiger partial charge on any atom is -0.368 e. The van der Waals surface area contributed by atoms with E-state index in [-0.39, 0.29) is 11.8 Å². The van der Waals surface area contributed by atoms with E-state index in [1.807, 2.05) is 6.07 Å². The molecule has 3 N–H and O–H groups in total. The first-order valence-corrected chi connectivity index (χ1v) is 11.8. The number of hydrogen-bond acceptors (Lipinski definition) is 6. The maximum Gasteiger partial charge on any atom is 0.269 e. The molecule has 4 aliphatic rings. The van der Waals surface area contributed by atoms with Crippen molar-refractivity contribution in [3.63, 3.8) is 0 Å². The van der Waals surface area contributed by atoms with Crippen LogP contribution in [0.5, 0.6) is 0 Å². The van der Waals surface area contributed by atoms with Crippen LogP contribution in [-0.2, 0) is 4.79 Å². The molecule has 4 atom stereocenters. The van der Waals surface area contributed by atoms with Gasteiger partial charge in [-0.1, -0.05) is 0 Å². The van der Waals surface area contributed by atoms with Gasteiger partial charge >= 0.3 is 0 Å². The normalized spacial score (nSPS) is 31.6. The summed E-state index contributed by atoms with van der Waals surface area (Å²) in [6.45, 7) is 6.12. The molecule has 0 spiro atoms. The van der Waals surface area contributed by atoms with Crippen molar-refractivity contribution in [1.82, 2.24) is 25.8 Å². The molecule has 2 amide bonds. The molecule has 0 radical (unpaired) electrons. The summed E-state index contributed by atoms with van der Waals surface area (Å²) < 4.78 is 0. The van der Waals surface area contributed by atoms with Gasteiger partial charge in [-0.05, 0) is 56.2 Å². The number of fused-ring (bicyclic) bond motifs is 1. The molecule has 4 heterocycles. The number of carbonyl (C=O) groups excluding carboxylic acids is 2. The average Bonchev–Trinajstić information content (AvgIpc) is 3.64. The fraction of sp³-hybridized carbons (Fsp3) is 0.696. The van der Waals surface area contributed by atoms with Gasteiger partial charge in [-0.25, -0.2) is 4.98 Å². The second-order valence-corrected chi connectivity index (χ2v) is 9.68. The number of hydrogen-bond donors (Lipinski definition) is 3. The Morgan fingerprint density at radius 1 is 1.16 bits per heavy atom. The lowest BCUT2D eigenvalue weighted by atomic mass is 9.80. The van der Waals surface area contributed by atoms with Crippen molar-refractivity contribution in [3.8, 4) is 0 Å². The number of aromatic nitrogens is 1. The zero-order valence-corrected chi connectivity index (χ0v) is 18.3. The minimum atomic E-state index is -0.156. The first-order valence-electron chi connectivity index (χ1n) is 11.8. The molecule has 1 saturated carbocycles. The van der Waals surface area contributed by atoms with Crippen LogP contribution in [0.4, 0.5) is 5.69 Å². The fourth-order valence-electron chi connectivity index (χ4n) is 5.58. The molecule has 31 heavy (non-hydrogen) atoms. The van der Waals surface area contributed by atoms with Gasteiger partial charge in [0, 0.05) is 57.8 Å². The van der Waals surface area contributed by atoms with Gasteiger partial charge in [0.25, 0.3) is 5.91 Å². The van der Waals surface area contributed by atoms with E-state index in [9.17, 15) is 9.59 Å². The number of carbonyl (C=O) groups is 2. The molecule has 0 bridgehead atoms. The van der Waals surface area contributed by atoms with Gasteiger partial charge in [-0.2, -0.15) is 0 Å². The third kappa shape index (κ3) is 4.55. The van der Waals surface area contributed by atoms with Crippen molar-refractivity contribution in [2.75, 3.05) is 51.2 Å². The minimum absolute atomic E-state index is 0.156. The maximum atomic E-state index is 12.5.